The van der Waals surface area contributed by atoms with E-state index in [2.05, 4.69) is 15.0 Å². The van der Waals surface area contributed by atoms with Gasteiger partial charge in [-0.2, -0.15) is 0 Å². The fourth-order valence-electron chi connectivity index (χ4n) is 5.76. The zero-order valence-corrected chi connectivity index (χ0v) is 21.5. The van der Waals surface area contributed by atoms with Crippen LogP contribution in [0.3, 0.4) is 0 Å². The predicted octanol–water partition coefficient (Wildman–Crippen LogP) is 2.86. The molecule has 2 atom stereocenters. The first-order valence-corrected chi connectivity index (χ1v) is 12.7. The Bertz CT molecular complexity index is 1310. The summed E-state index contributed by atoms with van der Waals surface area (Å²) in [6.07, 6.45) is -3.98. The summed E-state index contributed by atoms with van der Waals surface area (Å²) in [5.74, 6) is -1.46. The molecule has 1 aromatic carbocycles. The number of aliphatic hydroxyl groups is 1. The minimum Gasteiger partial charge on any atom is -0.406 e. The smallest absolute Gasteiger partial charge is 0.406 e. The van der Waals surface area contributed by atoms with Gasteiger partial charge in [0, 0.05) is 31.5 Å². The van der Waals surface area contributed by atoms with Crippen molar-refractivity contribution in [1.29, 1.82) is 0 Å². The molecule has 2 aromatic rings. The van der Waals surface area contributed by atoms with Crippen LogP contribution in [-0.4, -0.2) is 63.1 Å². The normalized spacial score (nSPS) is 25.4. The third kappa shape index (κ3) is 5.22. The molecule has 4 heterocycles. The number of benzene rings is 1. The van der Waals surface area contributed by atoms with Crippen LogP contribution >= 0.6 is 0 Å². The van der Waals surface area contributed by atoms with E-state index in [1.165, 1.54) is 17.0 Å². The Morgan fingerprint density at radius 2 is 1.85 bits per heavy atom. The quantitative estimate of drug-likeness (QED) is 0.555. The second kappa shape index (κ2) is 9.60. The Hall–Kier alpha value is -3.51. The van der Waals surface area contributed by atoms with Crippen molar-refractivity contribution in [3.63, 3.8) is 0 Å². The summed E-state index contributed by atoms with van der Waals surface area (Å²) in [6.45, 7) is 5.46. The van der Waals surface area contributed by atoms with Crippen LogP contribution in [0.15, 0.2) is 36.4 Å². The van der Waals surface area contributed by atoms with Crippen molar-refractivity contribution in [2.24, 2.45) is 5.41 Å². The number of pyridine rings is 1. The molecule has 0 spiro atoms. The third-order valence-electron chi connectivity index (χ3n) is 7.89. The number of alkyl halides is 3. The molecule has 2 saturated heterocycles. The van der Waals surface area contributed by atoms with Crippen LogP contribution in [0.25, 0.3) is 0 Å². The Kier molecular flexibility index (Phi) is 6.66. The first kappa shape index (κ1) is 27.1. The zero-order chi connectivity index (χ0) is 28.2. The Morgan fingerprint density at radius 1 is 1.13 bits per heavy atom. The molecule has 12 heteroatoms. The van der Waals surface area contributed by atoms with Crippen LogP contribution in [0.1, 0.15) is 60.4 Å². The maximum absolute atomic E-state index is 13.0. The molecule has 0 radical (unpaired) electrons. The summed E-state index contributed by atoms with van der Waals surface area (Å²) < 4.78 is 41.2. The second-order valence-electron chi connectivity index (χ2n) is 11.0. The lowest BCUT2D eigenvalue weighted by atomic mass is 9.68. The molecule has 9 nitrogen and oxygen atoms in total. The summed E-state index contributed by atoms with van der Waals surface area (Å²) in [5, 5.41) is 14.1. The number of hydrogen-bond donors (Lipinski definition) is 2. The van der Waals surface area contributed by atoms with Crippen molar-refractivity contribution < 1.29 is 37.4 Å². The summed E-state index contributed by atoms with van der Waals surface area (Å²) in [5.41, 5.74) is 0.160. The van der Waals surface area contributed by atoms with Gasteiger partial charge in [0.2, 0.25) is 11.8 Å². The van der Waals surface area contributed by atoms with Gasteiger partial charge in [0.15, 0.2) is 0 Å². The van der Waals surface area contributed by atoms with Crippen molar-refractivity contribution in [2.75, 3.05) is 13.1 Å². The van der Waals surface area contributed by atoms with E-state index in [-0.39, 0.29) is 37.0 Å². The maximum atomic E-state index is 13.0. The molecule has 0 bridgehead atoms. The van der Waals surface area contributed by atoms with E-state index in [0.29, 0.717) is 43.0 Å². The average Bonchev–Trinajstić information content (AvgIpc) is 3.17. The summed E-state index contributed by atoms with van der Waals surface area (Å²) in [4.78, 5) is 45.1. The first-order valence-electron chi connectivity index (χ1n) is 12.7. The minimum atomic E-state index is -4.75. The molecule has 2 N–H and O–H groups in total. The number of amides is 3. The molecule has 208 valence electrons. The number of carbonyl (C=O) groups is 3. The van der Waals surface area contributed by atoms with Crippen molar-refractivity contribution in [3.05, 3.63) is 58.9 Å². The molecule has 1 aromatic heterocycles. The number of carbonyl (C=O) groups excluding carboxylic acids is 3. The Morgan fingerprint density at radius 3 is 2.49 bits per heavy atom. The number of fused-ring (bicyclic) bond motifs is 1. The van der Waals surface area contributed by atoms with Crippen LogP contribution in [0.5, 0.6) is 5.75 Å². The highest BCUT2D eigenvalue weighted by Crippen LogP contribution is 2.46. The molecule has 3 aliphatic rings. The van der Waals surface area contributed by atoms with Crippen LogP contribution in [0.2, 0.25) is 0 Å². The summed E-state index contributed by atoms with van der Waals surface area (Å²) >= 11 is 0. The van der Waals surface area contributed by atoms with Gasteiger partial charge in [-0.3, -0.25) is 29.6 Å². The Labute approximate surface area is 222 Å². The van der Waals surface area contributed by atoms with E-state index >= 15 is 0 Å². The number of piperidine rings is 2. The summed E-state index contributed by atoms with van der Waals surface area (Å²) in [6, 6.07) is 8.28. The van der Waals surface area contributed by atoms with Crippen LogP contribution in [0, 0.1) is 5.41 Å². The van der Waals surface area contributed by atoms with Crippen molar-refractivity contribution in [1.82, 2.24) is 20.1 Å². The van der Waals surface area contributed by atoms with Gasteiger partial charge in [0.05, 0.1) is 23.5 Å². The number of nitrogens with one attached hydrogen (secondary N) is 1. The molecule has 2 unspecified atom stereocenters. The van der Waals surface area contributed by atoms with E-state index in [9.17, 15) is 32.7 Å². The van der Waals surface area contributed by atoms with Crippen LogP contribution < -0.4 is 10.1 Å². The van der Waals surface area contributed by atoms with Crippen molar-refractivity contribution >= 4 is 17.7 Å². The molecular weight excluding hydrogens is 517 g/mol. The van der Waals surface area contributed by atoms with E-state index in [1.807, 2.05) is 13.8 Å². The number of ether oxygens (including phenoxy) is 1. The van der Waals surface area contributed by atoms with Crippen LogP contribution in [-0.2, 0) is 28.3 Å². The fraction of sp³-hybridized carbons (Fsp3) is 0.481. The summed E-state index contributed by atoms with van der Waals surface area (Å²) in [7, 11) is 0. The number of nitrogens with zero attached hydrogens (tertiary/aromatic N) is 3. The van der Waals surface area contributed by atoms with Crippen molar-refractivity contribution in [3.8, 4) is 5.75 Å². The molecule has 5 rings (SSSR count). The fourth-order valence-corrected chi connectivity index (χ4v) is 5.76. The second-order valence-corrected chi connectivity index (χ2v) is 11.0. The molecule has 2 fully saturated rings. The van der Waals surface area contributed by atoms with Gasteiger partial charge in [-0.05, 0) is 42.7 Å². The highest BCUT2D eigenvalue weighted by Gasteiger charge is 2.50. The minimum absolute atomic E-state index is 0.116. The maximum Gasteiger partial charge on any atom is 0.573 e. The standard InChI is InChI=1S/C27H29F3N4O5/c1-25(2)15-33(13-16-3-5-17(6-4-16)39-27(28,29)30)12-11-26(25,38)21-9-7-18-19(31-21)14-34(24(18)37)20-8-10-22(35)32-23(20)36/h3-7,9,20,38H,8,10-15H2,1-2H3,(H,32,35,36). The van der Waals surface area contributed by atoms with Gasteiger partial charge in [0.25, 0.3) is 5.91 Å². The van der Waals surface area contributed by atoms with E-state index in [4.69, 9.17) is 4.98 Å². The number of rotatable bonds is 5. The SMILES string of the molecule is CC1(C)CN(Cc2ccc(OC(F)(F)F)cc2)CCC1(O)c1ccc2c(n1)CN(C1CCC(=O)NC1=O)C2=O. The topological polar surface area (TPSA) is 112 Å². The number of imide groups is 1. The number of halogens is 3. The number of likely N-dealkylation sites (tertiary alicyclic amines) is 1. The monoisotopic (exact) mass is 546 g/mol. The van der Waals surface area contributed by atoms with E-state index in [1.54, 1.807) is 24.3 Å². The highest BCUT2D eigenvalue weighted by molar-refractivity contribution is 6.05. The number of hydrogen-bond acceptors (Lipinski definition) is 7. The lowest BCUT2D eigenvalue weighted by Crippen LogP contribution is -2.55. The lowest BCUT2D eigenvalue weighted by molar-refractivity contribution is -0.274. The molecule has 3 amide bonds. The lowest BCUT2D eigenvalue weighted by Gasteiger charge is -2.50. The van der Waals surface area contributed by atoms with E-state index < -0.39 is 29.3 Å². The predicted molar refractivity (Wildman–Crippen MR) is 131 cm³/mol. The van der Waals surface area contributed by atoms with Gasteiger partial charge in [-0.25, -0.2) is 0 Å². The van der Waals surface area contributed by atoms with Crippen LogP contribution in [0.4, 0.5) is 13.2 Å². The highest BCUT2D eigenvalue weighted by atomic mass is 19.4. The first-order chi connectivity index (χ1) is 18.3. The number of aromatic nitrogens is 1. The van der Waals surface area contributed by atoms with Gasteiger partial charge >= 0.3 is 6.36 Å². The molecule has 0 saturated carbocycles. The largest absolute Gasteiger partial charge is 0.573 e. The molecule has 0 aliphatic carbocycles. The zero-order valence-electron chi connectivity index (χ0n) is 21.5. The van der Waals surface area contributed by atoms with E-state index in [0.717, 1.165) is 5.56 Å². The third-order valence-corrected chi connectivity index (χ3v) is 7.89. The average molecular weight is 547 g/mol. The van der Waals surface area contributed by atoms with Crippen molar-refractivity contribution in [2.45, 2.75) is 64.2 Å². The van der Waals surface area contributed by atoms with Gasteiger partial charge in [-0.15, -0.1) is 13.2 Å². The van der Waals surface area contributed by atoms with Gasteiger partial charge in [-0.1, -0.05) is 26.0 Å². The molecule has 39 heavy (non-hydrogen) atoms. The Balaban J connectivity index is 1.28. The molecular formula is C27H29F3N4O5. The van der Waals surface area contributed by atoms with Gasteiger partial charge < -0.3 is 14.7 Å². The molecule has 3 aliphatic heterocycles. The van der Waals surface area contributed by atoms with Gasteiger partial charge in [0.1, 0.15) is 17.4 Å².